The SMILES string of the molecule is CCNc1cc(Nc2cc[c]c3c2OCCO3)nc2[nH]cc(Cl)c12. The van der Waals surface area contributed by atoms with Gasteiger partial charge in [-0.2, -0.15) is 0 Å². The molecule has 24 heavy (non-hydrogen) atoms. The lowest BCUT2D eigenvalue weighted by Gasteiger charge is -2.21. The van der Waals surface area contributed by atoms with Crippen LogP contribution in [0.3, 0.4) is 0 Å². The highest BCUT2D eigenvalue weighted by atomic mass is 35.5. The number of H-pyrrole nitrogens is 1. The summed E-state index contributed by atoms with van der Waals surface area (Å²) in [6.07, 6.45) is 1.74. The highest BCUT2D eigenvalue weighted by Gasteiger charge is 2.17. The van der Waals surface area contributed by atoms with E-state index in [0.29, 0.717) is 35.6 Å². The summed E-state index contributed by atoms with van der Waals surface area (Å²) in [6, 6.07) is 8.64. The summed E-state index contributed by atoms with van der Waals surface area (Å²) in [7, 11) is 0. The van der Waals surface area contributed by atoms with Crippen LogP contribution in [-0.2, 0) is 0 Å². The second kappa shape index (κ2) is 6.13. The van der Waals surface area contributed by atoms with Crippen LogP contribution in [-0.4, -0.2) is 29.7 Å². The number of hydrogen-bond donors (Lipinski definition) is 3. The Labute approximate surface area is 144 Å². The van der Waals surface area contributed by atoms with Gasteiger partial charge in [-0.3, -0.25) is 0 Å². The lowest BCUT2D eigenvalue weighted by atomic mass is 10.2. The molecule has 2 aromatic heterocycles. The number of anilines is 3. The maximum Gasteiger partial charge on any atom is 0.185 e. The van der Waals surface area contributed by atoms with Crippen LogP contribution < -0.4 is 20.1 Å². The van der Waals surface area contributed by atoms with Crippen molar-refractivity contribution in [3.8, 4) is 11.5 Å². The predicted octanol–water partition coefficient (Wildman–Crippen LogP) is 3.96. The van der Waals surface area contributed by atoms with Crippen LogP contribution in [0, 0.1) is 6.07 Å². The monoisotopic (exact) mass is 343 g/mol. The number of aromatic nitrogens is 2. The van der Waals surface area contributed by atoms with Crippen molar-refractivity contribution in [1.82, 2.24) is 9.97 Å². The zero-order chi connectivity index (χ0) is 16.5. The number of nitrogens with one attached hydrogen (secondary N) is 3. The van der Waals surface area contributed by atoms with Gasteiger partial charge in [-0.15, -0.1) is 0 Å². The lowest BCUT2D eigenvalue weighted by Crippen LogP contribution is -2.16. The fraction of sp³-hybridized carbons (Fsp3) is 0.235. The van der Waals surface area contributed by atoms with E-state index < -0.39 is 0 Å². The molecule has 1 aliphatic rings. The first-order valence-electron chi connectivity index (χ1n) is 7.75. The highest BCUT2D eigenvalue weighted by Crippen LogP contribution is 2.39. The van der Waals surface area contributed by atoms with Crippen molar-refractivity contribution in [2.24, 2.45) is 0 Å². The summed E-state index contributed by atoms with van der Waals surface area (Å²) in [4.78, 5) is 7.68. The van der Waals surface area contributed by atoms with Gasteiger partial charge in [0.2, 0.25) is 0 Å². The predicted molar refractivity (Wildman–Crippen MR) is 94.8 cm³/mol. The van der Waals surface area contributed by atoms with Crippen LogP contribution in [0.15, 0.2) is 24.4 Å². The summed E-state index contributed by atoms with van der Waals surface area (Å²) >= 11 is 6.25. The average Bonchev–Trinajstić information content (AvgIpc) is 2.97. The Hall–Kier alpha value is -2.60. The number of benzene rings is 1. The van der Waals surface area contributed by atoms with Gasteiger partial charge in [-0.05, 0) is 19.1 Å². The largest absolute Gasteiger partial charge is 0.485 e. The third-order valence-electron chi connectivity index (χ3n) is 3.72. The Bertz CT molecular complexity index is 894. The van der Waals surface area contributed by atoms with Gasteiger partial charge in [0.15, 0.2) is 11.5 Å². The molecule has 0 spiro atoms. The van der Waals surface area contributed by atoms with Gasteiger partial charge in [0.25, 0.3) is 0 Å². The van der Waals surface area contributed by atoms with E-state index in [2.05, 4.69) is 26.7 Å². The van der Waals surface area contributed by atoms with Crippen molar-refractivity contribution in [1.29, 1.82) is 0 Å². The van der Waals surface area contributed by atoms with Crippen molar-refractivity contribution in [2.75, 3.05) is 30.4 Å². The summed E-state index contributed by atoms with van der Waals surface area (Å²) in [5.41, 5.74) is 2.43. The minimum Gasteiger partial charge on any atom is -0.485 e. The molecule has 0 amide bonds. The van der Waals surface area contributed by atoms with E-state index in [-0.39, 0.29) is 0 Å². The van der Waals surface area contributed by atoms with Crippen LogP contribution in [0.4, 0.5) is 17.2 Å². The fourth-order valence-electron chi connectivity index (χ4n) is 2.73. The van der Waals surface area contributed by atoms with Gasteiger partial charge in [0.05, 0.1) is 21.8 Å². The van der Waals surface area contributed by atoms with E-state index in [1.165, 1.54) is 0 Å². The number of halogens is 1. The number of aromatic amines is 1. The van der Waals surface area contributed by atoms with E-state index >= 15 is 0 Å². The van der Waals surface area contributed by atoms with Crippen LogP contribution >= 0.6 is 11.6 Å². The van der Waals surface area contributed by atoms with Gasteiger partial charge in [0, 0.05) is 24.9 Å². The van der Waals surface area contributed by atoms with Crippen LogP contribution in [0.2, 0.25) is 5.02 Å². The smallest absolute Gasteiger partial charge is 0.185 e. The minimum absolute atomic E-state index is 0.515. The number of hydrogen-bond acceptors (Lipinski definition) is 5. The minimum atomic E-state index is 0.515. The second-order valence-electron chi connectivity index (χ2n) is 5.32. The van der Waals surface area contributed by atoms with Crippen molar-refractivity contribution in [3.05, 3.63) is 35.5 Å². The number of rotatable bonds is 4. The molecule has 7 heteroatoms. The third-order valence-corrected chi connectivity index (χ3v) is 4.01. The maximum absolute atomic E-state index is 6.25. The van der Waals surface area contributed by atoms with Gasteiger partial charge in [-0.1, -0.05) is 11.6 Å². The fourth-order valence-corrected chi connectivity index (χ4v) is 2.97. The number of ether oxygens (including phenoxy) is 2. The van der Waals surface area contributed by atoms with Gasteiger partial charge in [-0.25, -0.2) is 4.98 Å². The Kier molecular flexibility index (Phi) is 3.82. The molecular formula is C17H16ClN4O2. The Morgan fingerprint density at radius 1 is 1.33 bits per heavy atom. The number of fused-ring (bicyclic) bond motifs is 2. The topological polar surface area (TPSA) is 71.2 Å². The molecule has 1 aromatic carbocycles. The zero-order valence-electron chi connectivity index (χ0n) is 13.1. The molecule has 0 unspecified atom stereocenters. The molecule has 6 nitrogen and oxygen atoms in total. The van der Waals surface area contributed by atoms with Crippen molar-refractivity contribution >= 4 is 39.8 Å². The average molecular weight is 344 g/mol. The van der Waals surface area contributed by atoms with Crippen molar-refractivity contribution < 1.29 is 9.47 Å². The first-order chi connectivity index (χ1) is 11.8. The summed E-state index contributed by atoms with van der Waals surface area (Å²) in [5.74, 6) is 1.95. The first-order valence-corrected chi connectivity index (χ1v) is 8.13. The molecule has 0 saturated carbocycles. The standard InChI is InChI=1S/C17H16ClN4O2/c1-2-19-12-8-14(22-17-15(12)10(18)9-20-17)21-11-4-3-5-13-16(11)24-7-6-23-13/h3-4,8-9H,2,6-7H2,1H3,(H3,19,20,21,22). The first kappa shape index (κ1) is 15.0. The van der Waals surface area contributed by atoms with Gasteiger partial charge in [0.1, 0.15) is 24.7 Å². The van der Waals surface area contributed by atoms with Gasteiger partial charge < -0.3 is 25.1 Å². The Morgan fingerprint density at radius 2 is 2.21 bits per heavy atom. The van der Waals surface area contributed by atoms with E-state index in [4.69, 9.17) is 21.1 Å². The van der Waals surface area contributed by atoms with E-state index in [9.17, 15) is 0 Å². The molecule has 4 rings (SSSR count). The quantitative estimate of drug-likeness (QED) is 0.668. The summed E-state index contributed by atoms with van der Waals surface area (Å²) < 4.78 is 11.3. The Balaban J connectivity index is 1.75. The van der Waals surface area contributed by atoms with Gasteiger partial charge >= 0.3 is 0 Å². The molecule has 123 valence electrons. The Morgan fingerprint density at radius 3 is 3.08 bits per heavy atom. The van der Waals surface area contributed by atoms with Crippen LogP contribution in [0.5, 0.6) is 11.5 Å². The van der Waals surface area contributed by atoms with Crippen LogP contribution in [0.1, 0.15) is 6.92 Å². The van der Waals surface area contributed by atoms with E-state index in [1.54, 1.807) is 12.3 Å². The molecule has 3 heterocycles. The van der Waals surface area contributed by atoms with Crippen molar-refractivity contribution in [3.63, 3.8) is 0 Å². The summed E-state index contributed by atoms with van der Waals surface area (Å²) in [6.45, 7) is 3.87. The molecule has 0 saturated heterocycles. The summed E-state index contributed by atoms with van der Waals surface area (Å²) in [5, 5.41) is 8.14. The molecule has 1 aliphatic heterocycles. The molecular weight excluding hydrogens is 328 g/mol. The molecule has 3 N–H and O–H groups in total. The zero-order valence-corrected chi connectivity index (χ0v) is 13.8. The highest BCUT2D eigenvalue weighted by molar-refractivity contribution is 6.36. The van der Waals surface area contributed by atoms with Crippen LogP contribution in [0.25, 0.3) is 11.0 Å². The lowest BCUT2D eigenvalue weighted by molar-refractivity contribution is 0.172. The van der Waals surface area contributed by atoms with E-state index in [1.807, 2.05) is 19.1 Å². The third kappa shape index (κ3) is 2.59. The maximum atomic E-state index is 6.25. The molecule has 0 aliphatic carbocycles. The number of nitrogens with zero attached hydrogens (tertiary/aromatic N) is 1. The van der Waals surface area contributed by atoms with Crippen molar-refractivity contribution in [2.45, 2.75) is 6.92 Å². The van der Waals surface area contributed by atoms with E-state index in [0.717, 1.165) is 29.0 Å². The normalized spacial score (nSPS) is 13.1. The molecule has 0 atom stereocenters. The molecule has 3 aromatic rings. The molecule has 0 bridgehead atoms. The second-order valence-corrected chi connectivity index (χ2v) is 5.72. The molecule has 0 fully saturated rings. The molecule has 1 radical (unpaired) electrons. The number of pyridine rings is 1.